The number of carbonyl (C=O) groups excluding carboxylic acids is 1. The summed E-state index contributed by atoms with van der Waals surface area (Å²) in [6, 6.07) is 25.0. The number of nitrogens with zero attached hydrogens (tertiary/aromatic N) is 1. The molecule has 2 atom stereocenters. The summed E-state index contributed by atoms with van der Waals surface area (Å²) in [5, 5.41) is 5.45. The molecule has 0 saturated carbocycles. The summed E-state index contributed by atoms with van der Waals surface area (Å²) in [5.74, 6) is -0.0448. The summed E-state index contributed by atoms with van der Waals surface area (Å²) >= 11 is 12.2. The highest BCUT2D eigenvalue weighted by Gasteiger charge is 2.23. The molecular formula is C26H22Cl2N2O. The molecule has 1 N–H and O–H groups in total. The van der Waals surface area contributed by atoms with Crippen LogP contribution in [0.5, 0.6) is 0 Å². The monoisotopic (exact) mass is 448 g/mol. The minimum absolute atomic E-state index is 0.0653. The number of amides is 1. The van der Waals surface area contributed by atoms with Gasteiger partial charge in [-0.25, -0.2) is 0 Å². The van der Waals surface area contributed by atoms with Crippen molar-refractivity contribution in [1.82, 2.24) is 10.3 Å². The maximum absolute atomic E-state index is 13.2. The molecule has 0 aliphatic rings. The van der Waals surface area contributed by atoms with Crippen LogP contribution in [-0.2, 0) is 6.42 Å². The third kappa shape index (κ3) is 5.07. The first-order chi connectivity index (χ1) is 15.0. The number of halogens is 2. The maximum atomic E-state index is 13.2. The summed E-state index contributed by atoms with van der Waals surface area (Å²) in [7, 11) is 0. The molecule has 156 valence electrons. The number of rotatable bonds is 6. The first-order valence-corrected chi connectivity index (χ1v) is 10.9. The van der Waals surface area contributed by atoms with Crippen LogP contribution in [0.2, 0.25) is 10.0 Å². The molecule has 3 nitrogen and oxygen atoms in total. The fraction of sp³-hybridized carbons (Fsp3) is 0.154. The van der Waals surface area contributed by atoms with Gasteiger partial charge < -0.3 is 5.32 Å². The lowest BCUT2D eigenvalue weighted by Gasteiger charge is -2.26. The zero-order chi connectivity index (χ0) is 21.8. The Hall–Kier alpha value is -2.88. The summed E-state index contributed by atoms with van der Waals surface area (Å²) in [5.41, 5.74) is 3.70. The van der Waals surface area contributed by atoms with Crippen LogP contribution in [0.1, 0.15) is 34.3 Å². The van der Waals surface area contributed by atoms with E-state index in [-0.39, 0.29) is 17.9 Å². The number of aromatic nitrogens is 1. The van der Waals surface area contributed by atoms with E-state index >= 15 is 0 Å². The van der Waals surface area contributed by atoms with Crippen LogP contribution in [0.4, 0.5) is 0 Å². The zero-order valence-electron chi connectivity index (χ0n) is 17.1. The van der Waals surface area contributed by atoms with Gasteiger partial charge in [0.1, 0.15) is 0 Å². The van der Waals surface area contributed by atoms with Crippen LogP contribution in [0, 0.1) is 0 Å². The Labute approximate surface area is 192 Å². The van der Waals surface area contributed by atoms with Crippen molar-refractivity contribution in [3.8, 4) is 0 Å². The Bertz CT molecular complexity index is 1180. The average Bonchev–Trinajstić information content (AvgIpc) is 2.79. The molecule has 2 unspecified atom stereocenters. The van der Waals surface area contributed by atoms with Crippen LogP contribution >= 0.6 is 23.2 Å². The lowest BCUT2D eigenvalue weighted by atomic mass is 9.86. The van der Waals surface area contributed by atoms with Crippen molar-refractivity contribution < 1.29 is 4.79 Å². The average molecular weight is 449 g/mol. The van der Waals surface area contributed by atoms with Gasteiger partial charge in [0.2, 0.25) is 0 Å². The minimum atomic E-state index is -0.115. The number of para-hydroxylation sites is 1. The zero-order valence-corrected chi connectivity index (χ0v) is 18.6. The summed E-state index contributed by atoms with van der Waals surface area (Å²) in [6.45, 7) is 2.04. The highest BCUT2D eigenvalue weighted by atomic mass is 35.5. The highest BCUT2D eigenvalue weighted by Crippen LogP contribution is 2.27. The van der Waals surface area contributed by atoms with Gasteiger partial charge in [-0.2, -0.15) is 0 Å². The largest absolute Gasteiger partial charge is 0.349 e. The van der Waals surface area contributed by atoms with Crippen molar-refractivity contribution in [3.63, 3.8) is 0 Å². The topological polar surface area (TPSA) is 42.0 Å². The first kappa shape index (κ1) is 21.4. The van der Waals surface area contributed by atoms with Crippen LogP contribution in [0.3, 0.4) is 0 Å². The van der Waals surface area contributed by atoms with Gasteiger partial charge in [-0.05, 0) is 60.9 Å². The Kier molecular flexibility index (Phi) is 6.55. The summed E-state index contributed by atoms with van der Waals surface area (Å²) in [6.07, 6.45) is 2.43. The standard InChI is InChI=1S/C26H22Cl2N2O/c1-17(30-26(31)23-14-15-29-25-5-3-2-4-22(23)25)24(19-8-12-21(28)13-9-19)16-18-6-10-20(27)11-7-18/h2-15,17,24H,16H2,1H3,(H,30,31). The Morgan fingerprint density at radius 2 is 1.55 bits per heavy atom. The van der Waals surface area contributed by atoms with Gasteiger partial charge in [0.05, 0.1) is 11.1 Å². The Morgan fingerprint density at radius 1 is 0.903 bits per heavy atom. The van der Waals surface area contributed by atoms with E-state index in [2.05, 4.69) is 10.3 Å². The van der Waals surface area contributed by atoms with Crippen molar-refractivity contribution in [1.29, 1.82) is 0 Å². The molecule has 0 spiro atoms. The van der Waals surface area contributed by atoms with Crippen LogP contribution in [-0.4, -0.2) is 16.9 Å². The second kappa shape index (κ2) is 9.51. The Morgan fingerprint density at radius 3 is 2.26 bits per heavy atom. The molecule has 31 heavy (non-hydrogen) atoms. The second-order valence-corrected chi connectivity index (χ2v) is 8.50. The number of pyridine rings is 1. The number of nitrogens with one attached hydrogen (secondary N) is 1. The van der Waals surface area contributed by atoms with E-state index in [4.69, 9.17) is 23.2 Å². The molecule has 4 rings (SSSR count). The van der Waals surface area contributed by atoms with E-state index in [0.717, 1.165) is 28.5 Å². The van der Waals surface area contributed by atoms with E-state index in [1.165, 1.54) is 0 Å². The van der Waals surface area contributed by atoms with Crippen LogP contribution < -0.4 is 5.32 Å². The first-order valence-electron chi connectivity index (χ1n) is 10.2. The van der Waals surface area contributed by atoms with Gasteiger partial charge in [0, 0.05) is 33.6 Å². The molecule has 0 saturated heterocycles. The van der Waals surface area contributed by atoms with E-state index in [1.54, 1.807) is 12.3 Å². The Balaban J connectivity index is 1.61. The van der Waals surface area contributed by atoms with Crippen molar-refractivity contribution in [2.75, 3.05) is 0 Å². The number of benzene rings is 3. The van der Waals surface area contributed by atoms with E-state index in [1.807, 2.05) is 79.7 Å². The lowest BCUT2D eigenvalue weighted by molar-refractivity contribution is 0.0936. The smallest absolute Gasteiger partial charge is 0.252 e. The SMILES string of the molecule is CC(NC(=O)c1ccnc2ccccc12)C(Cc1ccc(Cl)cc1)c1ccc(Cl)cc1. The molecule has 0 fully saturated rings. The molecule has 1 amide bonds. The number of carbonyl (C=O) groups is 1. The fourth-order valence-electron chi connectivity index (χ4n) is 3.85. The molecular weight excluding hydrogens is 427 g/mol. The summed E-state index contributed by atoms with van der Waals surface area (Å²) < 4.78 is 0. The van der Waals surface area contributed by atoms with Gasteiger partial charge in [0.15, 0.2) is 0 Å². The molecule has 0 bridgehead atoms. The molecule has 0 aliphatic carbocycles. The normalized spacial score (nSPS) is 13.0. The number of hydrogen-bond donors (Lipinski definition) is 1. The quantitative estimate of drug-likeness (QED) is 0.357. The second-order valence-electron chi connectivity index (χ2n) is 7.63. The third-order valence-corrected chi connectivity index (χ3v) is 6.03. The molecule has 0 radical (unpaired) electrons. The van der Waals surface area contributed by atoms with Crippen LogP contribution in [0.25, 0.3) is 10.9 Å². The van der Waals surface area contributed by atoms with Gasteiger partial charge in [-0.15, -0.1) is 0 Å². The number of fused-ring (bicyclic) bond motifs is 1. The minimum Gasteiger partial charge on any atom is -0.349 e. The molecule has 3 aromatic carbocycles. The van der Waals surface area contributed by atoms with E-state index in [0.29, 0.717) is 15.6 Å². The number of hydrogen-bond acceptors (Lipinski definition) is 2. The van der Waals surface area contributed by atoms with Crippen molar-refractivity contribution >= 4 is 40.0 Å². The molecule has 0 aliphatic heterocycles. The highest BCUT2D eigenvalue weighted by molar-refractivity contribution is 6.30. The van der Waals surface area contributed by atoms with Gasteiger partial charge in [0.25, 0.3) is 5.91 Å². The predicted molar refractivity (Wildman–Crippen MR) is 128 cm³/mol. The van der Waals surface area contributed by atoms with Gasteiger partial charge in [-0.3, -0.25) is 9.78 Å². The van der Waals surface area contributed by atoms with Crippen LogP contribution in [0.15, 0.2) is 85.1 Å². The van der Waals surface area contributed by atoms with E-state index < -0.39 is 0 Å². The predicted octanol–water partition coefficient (Wildman–Crippen LogP) is 6.69. The van der Waals surface area contributed by atoms with Crippen molar-refractivity contribution in [3.05, 3.63) is 112 Å². The molecule has 5 heteroatoms. The molecule has 1 aromatic heterocycles. The third-order valence-electron chi connectivity index (χ3n) is 5.52. The fourth-order valence-corrected chi connectivity index (χ4v) is 4.10. The molecule has 1 heterocycles. The van der Waals surface area contributed by atoms with E-state index in [9.17, 15) is 4.79 Å². The summed E-state index contributed by atoms with van der Waals surface area (Å²) in [4.78, 5) is 17.5. The van der Waals surface area contributed by atoms with Crippen molar-refractivity contribution in [2.24, 2.45) is 0 Å². The molecule has 4 aromatic rings. The maximum Gasteiger partial charge on any atom is 0.252 e. The van der Waals surface area contributed by atoms with Gasteiger partial charge >= 0.3 is 0 Å². The lowest BCUT2D eigenvalue weighted by Crippen LogP contribution is -2.38. The van der Waals surface area contributed by atoms with Crippen molar-refractivity contribution in [2.45, 2.75) is 25.3 Å². The van der Waals surface area contributed by atoms with Gasteiger partial charge in [-0.1, -0.05) is 65.7 Å².